The molecule has 114 valence electrons. The van der Waals surface area contributed by atoms with Crippen molar-refractivity contribution >= 4 is 10.0 Å². The molecule has 1 heterocycles. The largest absolute Gasteiger partial charge is 0.336 e. The first-order chi connectivity index (χ1) is 10.0. The molecule has 2 rings (SSSR count). The van der Waals surface area contributed by atoms with E-state index < -0.39 is 10.0 Å². The van der Waals surface area contributed by atoms with Gasteiger partial charge < -0.3 is 10.3 Å². The molecule has 0 atom stereocenters. The number of rotatable bonds is 7. The van der Waals surface area contributed by atoms with E-state index in [9.17, 15) is 8.42 Å². The number of nitrogens with one attached hydrogen (secondary N) is 1. The zero-order valence-electron chi connectivity index (χ0n) is 12.0. The third-order valence-corrected chi connectivity index (χ3v) is 4.46. The van der Waals surface area contributed by atoms with E-state index in [0.29, 0.717) is 13.1 Å². The van der Waals surface area contributed by atoms with Crippen molar-refractivity contribution in [2.24, 2.45) is 5.73 Å². The van der Waals surface area contributed by atoms with Gasteiger partial charge in [0.25, 0.3) is 10.0 Å². The van der Waals surface area contributed by atoms with Gasteiger partial charge in [-0.15, -0.1) is 0 Å². The molecule has 0 amide bonds. The third kappa shape index (κ3) is 4.13. The number of imidazole rings is 1. The molecule has 0 aliphatic rings. The topological polar surface area (TPSA) is 90.0 Å². The summed E-state index contributed by atoms with van der Waals surface area (Å²) < 4.78 is 28.5. The standard InChI is InChI=1S/C14H20N4O2S/c1-2-18-10-14(16-11-18)21(19,20)17-9-13-5-3-12(4-6-13)7-8-15/h3-6,10-11,17H,2,7-9,15H2,1H3. The van der Waals surface area contributed by atoms with Gasteiger partial charge in [-0.3, -0.25) is 0 Å². The first-order valence-electron chi connectivity index (χ1n) is 6.84. The van der Waals surface area contributed by atoms with Crippen LogP contribution in [0.5, 0.6) is 0 Å². The normalized spacial score (nSPS) is 11.7. The predicted molar refractivity (Wildman–Crippen MR) is 81.1 cm³/mol. The van der Waals surface area contributed by atoms with Crippen molar-refractivity contribution in [3.8, 4) is 0 Å². The Labute approximate surface area is 125 Å². The highest BCUT2D eigenvalue weighted by atomic mass is 32.2. The van der Waals surface area contributed by atoms with E-state index in [2.05, 4.69) is 9.71 Å². The molecule has 0 saturated heterocycles. The fraction of sp³-hybridized carbons (Fsp3) is 0.357. The molecule has 0 bridgehead atoms. The van der Waals surface area contributed by atoms with Gasteiger partial charge in [0.15, 0.2) is 5.03 Å². The highest BCUT2D eigenvalue weighted by molar-refractivity contribution is 7.89. The Balaban J connectivity index is 2.01. The van der Waals surface area contributed by atoms with Crippen molar-refractivity contribution < 1.29 is 8.42 Å². The van der Waals surface area contributed by atoms with Crippen LogP contribution in [0.2, 0.25) is 0 Å². The van der Waals surface area contributed by atoms with E-state index in [1.807, 2.05) is 31.2 Å². The summed E-state index contributed by atoms with van der Waals surface area (Å²) >= 11 is 0. The van der Waals surface area contributed by atoms with Crippen molar-refractivity contribution in [1.82, 2.24) is 14.3 Å². The minimum atomic E-state index is -3.57. The summed E-state index contributed by atoms with van der Waals surface area (Å²) in [6.45, 7) is 3.45. The number of sulfonamides is 1. The molecule has 3 N–H and O–H groups in total. The number of nitrogens with two attached hydrogens (primary N) is 1. The van der Waals surface area contributed by atoms with Gasteiger partial charge in [-0.2, -0.15) is 0 Å². The highest BCUT2D eigenvalue weighted by Gasteiger charge is 2.16. The highest BCUT2D eigenvalue weighted by Crippen LogP contribution is 2.08. The van der Waals surface area contributed by atoms with Gasteiger partial charge in [-0.05, 0) is 31.0 Å². The smallest absolute Gasteiger partial charge is 0.259 e. The average molecular weight is 308 g/mol. The fourth-order valence-electron chi connectivity index (χ4n) is 1.89. The maximum absolute atomic E-state index is 12.1. The predicted octanol–water partition coefficient (Wildman–Crippen LogP) is 0.883. The fourth-order valence-corrected chi connectivity index (χ4v) is 2.86. The maximum Gasteiger partial charge on any atom is 0.259 e. The molecule has 0 fully saturated rings. The monoisotopic (exact) mass is 308 g/mol. The van der Waals surface area contributed by atoms with E-state index in [-0.39, 0.29) is 11.6 Å². The van der Waals surface area contributed by atoms with Crippen molar-refractivity contribution in [3.05, 3.63) is 47.9 Å². The average Bonchev–Trinajstić information content (AvgIpc) is 2.97. The summed E-state index contributed by atoms with van der Waals surface area (Å²) in [6, 6.07) is 7.72. The van der Waals surface area contributed by atoms with E-state index in [1.165, 1.54) is 12.5 Å². The summed E-state index contributed by atoms with van der Waals surface area (Å²) in [7, 11) is -3.57. The Morgan fingerprint density at radius 3 is 2.48 bits per heavy atom. The quantitative estimate of drug-likeness (QED) is 0.794. The number of aryl methyl sites for hydroxylation is 1. The number of hydrogen-bond donors (Lipinski definition) is 2. The van der Waals surface area contributed by atoms with Crippen LogP contribution in [0.25, 0.3) is 0 Å². The zero-order chi connectivity index (χ0) is 15.3. The summed E-state index contributed by atoms with van der Waals surface area (Å²) in [5.41, 5.74) is 7.53. The Kier molecular flexibility index (Phi) is 5.11. The molecule has 0 unspecified atom stereocenters. The van der Waals surface area contributed by atoms with Crippen molar-refractivity contribution in [2.75, 3.05) is 6.54 Å². The second-order valence-corrected chi connectivity index (χ2v) is 6.44. The summed E-state index contributed by atoms with van der Waals surface area (Å²) in [5.74, 6) is 0. The molecule has 21 heavy (non-hydrogen) atoms. The number of nitrogens with zero attached hydrogens (tertiary/aromatic N) is 2. The SMILES string of the molecule is CCn1cnc(S(=O)(=O)NCc2ccc(CCN)cc2)c1. The van der Waals surface area contributed by atoms with E-state index in [0.717, 1.165) is 17.5 Å². The van der Waals surface area contributed by atoms with Gasteiger partial charge in [0, 0.05) is 19.3 Å². The molecule has 7 heteroatoms. The van der Waals surface area contributed by atoms with Crippen LogP contribution >= 0.6 is 0 Å². The molecule has 0 aliphatic heterocycles. The van der Waals surface area contributed by atoms with E-state index >= 15 is 0 Å². The van der Waals surface area contributed by atoms with Crippen molar-refractivity contribution in [1.29, 1.82) is 0 Å². The molecular formula is C14H20N4O2S. The molecule has 0 saturated carbocycles. The van der Waals surface area contributed by atoms with Gasteiger partial charge in [0.2, 0.25) is 0 Å². The lowest BCUT2D eigenvalue weighted by atomic mass is 10.1. The van der Waals surface area contributed by atoms with Crippen LogP contribution < -0.4 is 10.5 Å². The zero-order valence-corrected chi connectivity index (χ0v) is 12.8. The van der Waals surface area contributed by atoms with E-state index in [1.54, 1.807) is 4.57 Å². The van der Waals surface area contributed by atoms with E-state index in [4.69, 9.17) is 5.73 Å². The molecular weight excluding hydrogens is 288 g/mol. The van der Waals surface area contributed by atoms with Crippen LogP contribution in [-0.4, -0.2) is 24.5 Å². The molecule has 0 aliphatic carbocycles. The van der Waals surface area contributed by atoms with Gasteiger partial charge in [-0.25, -0.2) is 18.1 Å². The lowest BCUT2D eigenvalue weighted by molar-refractivity contribution is 0.578. The second-order valence-electron chi connectivity index (χ2n) is 4.72. The van der Waals surface area contributed by atoms with Crippen LogP contribution in [0.3, 0.4) is 0 Å². The maximum atomic E-state index is 12.1. The van der Waals surface area contributed by atoms with Crippen LogP contribution in [0, 0.1) is 0 Å². The Morgan fingerprint density at radius 2 is 1.90 bits per heavy atom. The summed E-state index contributed by atoms with van der Waals surface area (Å²) in [5, 5.41) is 0.0455. The lowest BCUT2D eigenvalue weighted by Gasteiger charge is -2.05. The Morgan fingerprint density at radius 1 is 1.24 bits per heavy atom. The lowest BCUT2D eigenvalue weighted by Crippen LogP contribution is -2.23. The van der Waals surface area contributed by atoms with Crippen LogP contribution in [0.4, 0.5) is 0 Å². The number of hydrogen-bond acceptors (Lipinski definition) is 4. The second kappa shape index (κ2) is 6.84. The van der Waals surface area contributed by atoms with Gasteiger partial charge in [-0.1, -0.05) is 24.3 Å². The first kappa shape index (κ1) is 15.7. The molecule has 0 radical (unpaired) electrons. The third-order valence-electron chi connectivity index (χ3n) is 3.17. The first-order valence-corrected chi connectivity index (χ1v) is 8.33. The van der Waals surface area contributed by atoms with Crippen LogP contribution in [-0.2, 0) is 29.5 Å². The van der Waals surface area contributed by atoms with Crippen molar-refractivity contribution in [2.45, 2.75) is 31.5 Å². The van der Waals surface area contributed by atoms with Gasteiger partial charge >= 0.3 is 0 Å². The van der Waals surface area contributed by atoms with Gasteiger partial charge in [0.1, 0.15) is 0 Å². The van der Waals surface area contributed by atoms with Gasteiger partial charge in [0.05, 0.1) is 6.33 Å². The Bertz CT molecular complexity index is 677. The Hall–Kier alpha value is -1.70. The molecule has 0 spiro atoms. The van der Waals surface area contributed by atoms with Crippen LogP contribution in [0.15, 0.2) is 41.8 Å². The summed E-state index contributed by atoms with van der Waals surface area (Å²) in [6.07, 6.45) is 3.85. The number of benzene rings is 1. The molecule has 1 aromatic heterocycles. The van der Waals surface area contributed by atoms with Crippen LogP contribution in [0.1, 0.15) is 18.1 Å². The minimum Gasteiger partial charge on any atom is -0.336 e. The minimum absolute atomic E-state index is 0.0455. The van der Waals surface area contributed by atoms with Crippen molar-refractivity contribution in [3.63, 3.8) is 0 Å². The molecule has 1 aromatic carbocycles. The molecule has 2 aromatic rings. The number of aromatic nitrogens is 2. The molecule has 6 nitrogen and oxygen atoms in total. The summed E-state index contributed by atoms with van der Waals surface area (Å²) in [4.78, 5) is 3.91.